The summed E-state index contributed by atoms with van der Waals surface area (Å²) in [6, 6.07) is 17.6. The van der Waals surface area contributed by atoms with E-state index in [0.29, 0.717) is 26.1 Å². The molecule has 2 unspecified atom stereocenters. The molecular formula is C24H32N2O6. The Morgan fingerprint density at radius 1 is 0.594 bits per heavy atom. The molecule has 0 amide bonds. The largest absolute Gasteiger partial charge is 0.462 e. The Hall–Kier alpha value is -2.78. The number of carbonyl (C=O) groups excluding carboxylic acids is 2. The summed E-state index contributed by atoms with van der Waals surface area (Å²) < 4.78 is 20.9. The number of rotatable bonds is 15. The lowest BCUT2D eigenvalue weighted by molar-refractivity contribution is -0.148. The molecule has 2 aromatic rings. The zero-order chi connectivity index (χ0) is 23.0. The van der Waals surface area contributed by atoms with Gasteiger partial charge in [-0.3, -0.25) is 9.59 Å². The van der Waals surface area contributed by atoms with E-state index in [1.165, 1.54) is 0 Å². The molecule has 0 heterocycles. The van der Waals surface area contributed by atoms with Gasteiger partial charge < -0.3 is 30.4 Å². The normalized spacial score (nSPS) is 12.7. The first-order valence-electron chi connectivity index (χ1n) is 10.6. The smallest absolute Gasteiger partial charge is 0.323 e. The summed E-state index contributed by atoms with van der Waals surface area (Å²) in [5, 5.41) is 0. The molecule has 174 valence electrons. The van der Waals surface area contributed by atoms with E-state index in [4.69, 9.17) is 30.4 Å². The molecule has 2 aromatic carbocycles. The molecular weight excluding hydrogens is 412 g/mol. The molecule has 0 aliphatic rings. The van der Waals surface area contributed by atoms with Crippen LogP contribution in [0.25, 0.3) is 0 Å². The maximum atomic E-state index is 11.9. The summed E-state index contributed by atoms with van der Waals surface area (Å²) in [6.45, 7) is 1.40. The topological polar surface area (TPSA) is 123 Å². The van der Waals surface area contributed by atoms with E-state index in [-0.39, 0.29) is 26.4 Å². The number of carbonyl (C=O) groups is 2. The van der Waals surface area contributed by atoms with Gasteiger partial charge in [0, 0.05) is 0 Å². The zero-order valence-electron chi connectivity index (χ0n) is 18.2. The Balaban J connectivity index is 1.42. The Morgan fingerprint density at radius 3 is 1.31 bits per heavy atom. The molecule has 0 aromatic heterocycles. The lowest BCUT2D eigenvalue weighted by Crippen LogP contribution is -2.35. The van der Waals surface area contributed by atoms with Crippen LogP contribution in [0.1, 0.15) is 11.1 Å². The van der Waals surface area contributed by atoms with E-state index in [1.807, 2.05) is 60.7 Å². The average Bonchev–Trinajstić information content (AvgIpc) is 2.81. The third kappa shape index (κ3) is 10.5. The molecule has 2 rings (SSSR count). The van der Waals surface area contributed by atoms with Gasteiger partial charge >= 0.3 is 11.9 Å². The van der Waals surface area contributed by atoms with Gasteiger partial charge in [-0.2, -0.15) is 0 Å². The Kier molecular flexibility index (Phi) is 12.0. The summed E-state index contributed by atoms with van der Waals surface area (Å²) in [5.74, 6) is -0.915. The van der Waals surface area contributed by atoms with E-state index < -0.39 is 24.0 Å². The van der Waals surface area contributed by atoms with Crippen molar-refractivity contribution in [2.75, 3.05) is 39.6 Å². The predicted molar refractivity (Wildman–Crippen MR) is 120 cm³/mol. The summed E-state index contributed by atoms with van der Waals surface area (Å²) in [4.78, 5) is 23.8. The molecule has 0 radical (unpaired) electrons. The van der Waals surface area contributed by atoms with Crippen LogP contribution in [-0.2, 0) is 41.4 Å². The lowest BCUT2D eigenvalue weighted by Gasteiger charge is -2.12. The number of hydrogen-bond donors (Lipinski definition) is 2. The summed E-state index contributed by atoms with van der Waals surface area (Å²) in [5.41, 5.74) is 13.7. The first-order valence-corrected chi connectivity index (χ1v) is 10.6. The minimum Gasteiger partial charge on any atom is -0.462 e. The number of esters is 2. The van der Waals surface area contributed by atoms with Crippen LogP contribution < -0.4 is 11.5 Å². The highest BCUT2D eigenvalue weighted by molar-refractivity contribution is 5.76. The van der Waals surface area contributed by atoms with Gasteiger partial charge in [0.05, 0.1) is 26.4 Å². The van der Waals surface area contributed by atoms with Crippen molar-refractivity contribution in [1.82, 2.24) is 0 Å². The van der Waals surface area contributed by atoms with Crippen LogP contribution in [-0.4, -0.2) is 63.7 Å². The Morgan fingerprint density at radius 2 is 0.938 bits per heavy atom. The molecule has 0 aliphatic carbocycles. The van der Waals surface area contributed by atoms with Gasteiger partial charge in [0.25, 0.3) is 0 Å². The highest BCUT2D eigenvalue weighted by Gasteiger charge is 2.16. The molecule has 4 N–H and O–H groups in total. The van der Waals surface area contributed by atoms with Crippen molar-refractivity contribution >= 4 is 11.9 Å². The average molecular weight is 445 g/mol. The fraction of sp³-hybridized carbons (Fsp3) is 0.417. The minimum absolute atomic E-state index is 0.123. The van der Waals surface area contributed by atoms with E-state index in [0.717, 1.165) is 11.1 Å². The Labute approximate surface area is 188 Å². The van der Waals surface area contributed by atoms with Crippen LogP contribution in [0.4, 0.5) is 0 Å². The van der Waals surface area contributed by atoms with Crippen LogP contribution in [0.2, 0.25) is 0 Å². The van der Waals surface area contributed by atoms with E-state index in [2.05, 4.69) is 0 Å². The highest BCUT2D eigenvalue weighted by Crippen LogP contribution is 2.04. The monoisotopic (exact) mass is 444 g/mol. The van der Waals surface area contributed by atoms with E-state index in [9.17, 15) is 9.59 Å². The molecule has 0 saturated carbocycles. The third-order valence-electron chi connectivity index (χ3n) is 4.52. The molecule has 0 fully saturated rings. The quantitative estimate of drug-likeness (QED) is 0.311. The molecule has 0 spiro atoms. The molecule has 32 heavy (non-hydrogen) atoms. The van der Waals surface area contributed by atoms with Gasteiger partial charge in [-0.25, -0.2) is 0 Å². The maximum Gasteiger partial charge on any atom is 0.323 e. The first-order chi connectivity index (χ1) is 15.6. The molecule has 0 aliphatic heterocycles. The second kappa shape index (κ2) is 15.1. The van der Waals surface area contributed by atoms with Crippen molar-refractivity contribution in [3.05, 3.63) is 71.8 Å². The van der Waals surface area contributed by atoms with Gasteiger partial charge in [0.2, 0.25) is 0 Å². The van der Waals surface area contributed by atoms with E-state index >= 15 is 0 Å². The second-order valence-electron chi connectivity index (χ2n) is 7.15. The second-order valence-corrected chi connectivity index (χ2v) is 7.15. The van der Waals surface area contributed by atoms with Crippen molar-refractivity contribution < 1.29 is 28.5 Å². The summed E-state index contributed by atoms with van der Waals surface area (Å²) in [6.07, 6.45) is 0.853. The maximum absolute atomic E-state index is 11.9. The van der Waals surface area contributed by atoms with Crippen molar-refractivity contribution in [2.45, 2.75) is 24.9 Å². The first kappa shape index (κ1) is 25.5. The van der Waals surface area contributed by atoms with Crippen molar-refractivity contribution in [2.24, 2.45) is 11.5 Å². The molecule has 8 nitrogen and oxygen atoms in total. The van der Waals surface area contributed by atoms with Crippen molar-refractivity contribution in [1.29, 1.82) is 0 Å². The SMILES string of the molecule is NC(Cc1ccccc1)C(=O)OCCOCCOCCOC(=O)C(N)Cc1ccccc1. The van der Waals surface area contributed by atoms with Crippen LogP contribution in [0.3, 0.4) is 0 Å². The number of ether oxygens (including phenoxy) is 4. The number of nitrogens with two attached hydrogens (primary N) is 2. The van der Waals surface area contributed by atoms with Gasteiger partial charge in [-0.05, 0) is 24.0 Å². The number of benzene rings is 2. The third-order valence-corrected chi connectivity index (χ3v) is 4.52. The van der Waals surface area contributed by atoms with Gasteiger partial charge in [0.1, 0.15) is 25.3 Å². The molecule has 0 saturated heterocycles. The Bertz CT molecular complexity index is 720. The van der Waals surface area contributed by atoms with Crippen LogP contribution in [0.15, 0.2) is 60.7 Å². The lowest BCUT2D eigenvalue weighted by atomic mass is 10.1. The standard InChI is InChI=1S/C24H32N2O6/c25-21(17-19-7-3-1-4-8-19)23(27)31-15-13-29-11-12-30-14-16-32-24(28)22(26)18-20-9-5-2-6-10-20/h1-10,21-22H,11-18,25-26H2. The van der Waals surface area contributed by atoms with Gasteiger partial charge in [-0.1, -0.05) is 60.7 Å². The van der Waals surface area contributed by atoms with Crippen molar-refractivity contribution in [3.8, 4) is 0 Å². The fourth-order valence-corrected chi connectivity index (χ4v) is 2.84. The van der Waals surface area contributed by atoms with Crippen LogP contribution in [0, 0.1) is 0 Å². The summed E-state index contributed by atoms with van der Waals surface area (Å²) >= 11 is 0. The molecule has 0 bridgehead atoms. The predicted octanol–water partition coefficient (Wildman–Crippen LogP) is 1.25. The number of hydrogen-bond acceptors (Lipinski definition) is 8. The van der Waals surface area contributed by atoms with Crippen LogP contribution >= 0.6 is 0 Å². The van der Waals surface area contributed by atoms with Gasteiger partial charge in [-0.15, -0.1) is 0 Å². The fourth-order valence-electron chi connectivity index (χ4n) is 2.84. The summed E-state index contributed by atoms with van der Waals surface area (Å²) in [7, 11) is 0. The van der Waals surface area contributed by atoms with E-state index in [1.54, 1.807) is 0 Å². The minimum atomic E-state index is -0.704. The van der Waals surface area contributed by atoms with Crippen LogP contribution in [0.5, 0.6) is 0 Å². The molecule has 8 heteroatoms. The highest BCUT2D eigenvalue weighted by atomic mass is 16.6. The zero-order valence-corrected chi connectivity index (χ0v) is 18.2. The molecule has 2 atom stereocenters. The van der Waals surface area contributed by atoms with Crippen molar-refractivity contribution in [3.63, 3.8) is 0 Å². The van der Waals surface area contributed by atoms with Gasteiger partial charge in [0.15, 0.2) is 0 Å².